The van der Waals surface area contributed by atoms with E-state index in [1.165, 1.54) is 0 Å². The van der Waals surface area contributed by atoms with Crippen LogP contribution in [0.25, 0.3) is 0 Å². The van der Waals surface area contributed by atoms with Crippen LogP contribution >= 0.6 is 15.9 Å². The Morgan fingerprint density at radius 3 is 2.48 bits per heavy atom. The summed E-state index contributed by atoms with van der Waals surface area (Å²) in [6.07, 6.45) is 0. The zero-order valence-corrected chi connectivity index (χ0v) is 12.9. The lowest BCUT2D eigenvalue weighted by Gasteiger charge is -2.13. The molecule has 2 aromatic carbocycles. The first-order valence-electron chi connectivity index (χ1n) is 6.13. The average molecular weight is 345 g/mol. The monoisotopic (exact) mass is 344 g/mol. The number of nitriles is 1. The van der Waals surface area contributed by atoms with Crippen LogP contribution in [0.3, 0.4) is 0 Å². The molecule has 2 amide bonds. The van der Waals surface area contributed by atoms with Crippen LogP contribution in [-0.4, -0.2) is 6.03 Å². The fourth-order valence-corrected chi connectivity index (χ4v) is 2.43. The molecule has 21 heavy (non-hydrogen) atoms. The van der Waals surface area contributed by atoms with Gasteiger partial charge in [0.05, 0.1) is 23.0 Å². The van der Waals surface area contributed by atoms with Gasteiger partial charge in [0, 0.05) is 10.2 Å². The standard InChI is InChI=1S/C15H13BrN4O/c1-9-6-11(16)7-13(18)14(9)20-15(21)19-12-4-2-10(8-17)3-5-12/h2-7H,18H2,1H3,(H2,19,20,21). The van der Waals surface area contributed by atoms with Crippen LogP contribution in [-0.2, 0) is 0 Å². The molecule has 2 rings (SSSR count). The van der Waals surface area contributed by atoms with E-state index in [1.54, 1.807) is 30.3 Å². The van der Waals surface area contributed by atoms with Crippen molar-refractivity contribution < 1.29 is 4.79 Å². The van der Waals surface area contributed by atoms with Crippen LogP contribution in [0.15, 0.2) is 40.9 Å². The maximum atomic E-state index is 12.0. The number of hydrogen-bond acceptors (Lipinski definition) is 3. The minimum absolute atomic E-state index is 0.392. The van der Waals surface area contributed by atoms with Crippen molar-refractivity contribution >= 4 is 39.0 Å². The number of benzene rings is 2. The number of carbonyl (C=O) groups is 1. The number of nitrogens with two attached hydrogens (primary N) is 1. The number of hydrogen-bond donors (Lipinski definition) is 3. The molecule has 0 spiro atoms. The summed E-state index contributed by atoms with van der Waals surface area (Å²) < 4.78 is 0.857. The number of carbonyl (C=O) groups excluding carboxylic acids is 1. The Kier molecular flexibility index (Phi) is 4.45. The highest BCUT2D eigenvalue weighted by atomic mass is 79.9. The molecular formula is C15H13BrN4O. The average Bonchev–Trinajstić information content (AvgIpc) is 2.43. The lowest BCUT2D eigenvalue weighted by Crippen LogP contribution is -2.20. The molecule has 4 N–H and O–H groups in total. The molecule has 0 heterocycles. The summed E-state index contributed by atoms with van der Waals surface area (Å²) >= 11 is 3.35. The van der Waals surface area contributed by atoms with Gasteiger partial charge in [0.15, 0.2) is 0 Å². The predicted molar refractivity (Wildman–Crippen MR) is 87.1 cm³/mol. The van der Waals surface area contributed by atoms with Gasteiger partial charge in [0.2, 0.25) is 0 Å². The van der Waals surface area contributed by atoms with Gasteiger partial charge in [-0.1, -0.05) is 15.9 Å². The molecule has 2 aromatic rings. The van der Waals surface area contributed by atoms with Gasteiger partial charge in [-0.15, -0.1) is 0 Å². The van der Waals surface area contributed by atoms with E-state index in [0.29, 0.717) is 22.6 Å². The summed E-state index contributed by atoms with van der Waals surface area (Å²) in [6, 6.07) is 11.8. The zero-order chi connectivity index (χ0) is 15.4. The van der Waals surface area contributed by atoms with Gasteiger partial charge in [0.1, 0.15) is 0 Å². The van der Waals surface area contributed by atoms with Gasteiger partial charge in [0.25, 0.3) is 0 Å². The summed E-state index contributed by atoms with van der Waals surface area (Å²) in [6.45, 7) is 1.86. The number of aryl methyl sites for hydroxylation is 1. The highest BCUT2D eigenvalue weighted by Gasteiger charge is 2.09. The fraction of sp³-hybridized carbons (Fsp3) is 0.0667. The molecular weight excluding hydrogens is 332 g/mol. The number of nitrogen functional groups attached to an aromatic ring is 1. The molecule has 0 radical (unpaired) electrons. The van der Waals surface area contributed by atoms with Crippen molar-refractivity contribution in [2.75, 3.05) is 16.4 Å². The van der Waals surface area contributed by atoms with E-state index < -0.39 is 6.03 Å². The third-order valence-corrected chi connectivity index (χ3v) is 3.30. The molecule has 0 aliphatic heterocycles. The van der Waals surface area contributed by atoms with E-state index in [4.69, 9.17) is 11.0 Å². The zero-order valence-electron chi connectivity index (χ0n) is 11.3. The largest absolute Gasteiger partial charge is 0.397 e. The summed E-state index contributed by atoms with van der Waals surface area (Å²) in [4.78, 5) is 12.0. The van der Waals surface area contributed by atoms with Crippen molar-refractivity contribution in [1.82, 2.24) is 0 Å². The van der Waals surface area contributed by atoms with Crippen molar-refractivity contribution in [1.29, 1.82) is 5.26 Å². The predicted octanol–water partition coefficient (Wildman–Crippen LogP) is 3.86. The molecule has 5 nitrogen and oxygen atoms in total. The van der Waals surface area contributed by atoms with Crippen molar-refractivity contribution in [3.8, 4) is 6.07 Å². The Hall–Kier alpha value is -2.52. The number of nitrogens with zero attached hydrogens (tertiary/aromatic N) is 1. The number of halogens is 1. The third-order valence-electron chi connectivity index (χ3n) is 2.84. The van der Waals surface area contributed by atoms with Crippen molar-refractivity contribution in [3.63, 3.8) is 0 Å². The van der Waals surface area contributed by atoms with E-state index >= 15 is 0 Å². The number of urea groups is 1. The molecule has 0 bridgehead atoms. The third kappa shape index (κ3) is 3.74. The Labute approximate surface area is 130 Å². The molecule has 0 aliphatic rings. The molecule has 0 atom stereocenters. The van der Waals surface area contributed by atoms with Gasteiger partial charge in [-0.05, 0) is 48.9 Å². The normalized spacial score (nSPS) is 9.76. The van der Waals surface area contributed by atoms with Gasteiger partial charge in [-0.25, -0.2) is 4.79 Å². The summed E-state index contributed by atoms with van der Waals surface area (Å²) in [7, 11) is 0. The number of amides is 2. The maximum Gasteiger partial charge on any atom is 0.323 e. The van der Waals surface area contributed by atoms with E-state index in [2.05, 4.69) is 26.6 Å². The minimum atomic E-state index is -0.392. The van der Waals surface area contributed by atoms with Crippen LogP contribution in [0.1, 0.15) is 11.1 Å². The van der Waals surface area contributed by atoms with Crippen LogP contribution in [0.5, 0.6) is 0 Å². The van der Waals surface area contributed by atoms with Crippen LogP contribution < -0.4 is 16.4 Å². The Morgan fingerprint density at radius 1 is 1.24 bits per heavy atom. The van der Waals surface area contributed by atoms with Crippen molar-refractivity contribution in [3.05, 3.63) is 52.0 Å². The molecule has 6 heteroatoms. The van der Waals surface area contributed by atoms with Crippen LogP contribution in [0.2, 0.25) is 0 Å². The van der Waals surface area contributed by atoms with Gasteiger partial charge < -0.3 is 16.4 Å². The first kappa shape index (κ1) is 14.9. The van der Waals surface area contributed by atoms with E-state index in [0.717, 1.165) is 10.0 Å². The van der Waals surface area contributed by atoms with Crippen molar-refractivity contribution in [2.45, 2.75) is 6.92 Å². The smallest absolute Gasteiger partial charge is 0.323 e. The lowest BCUT2D eigenvalue weighted by molar-refractivity contribution is 0.262. The molecule has 0 aromatic heterocycles. The molecule has 0 unspecified atom stereocenters. The number of rotatable bonds is 2. The molecule has 106 valence electrons. The second-order valence-corrected chi connectivity index (χ2v) is 5.37. The molecule has 0 saturated heterocycles. The lowest BCUT2D eigenvalue weighted by atomic mass is 10.1. The van der Waals surface area contributed by atoms with Gasteiger partial charge in [-0.3, -0.25) is 0 Å². The highest BCUT2D eigenvalue weighted by Crippen LogP contribution is 2.27. The summed E-state index contributed by atoms with van der Waals surface area (Å²) in [5.74, 6) is 0. The quantitative estimate of drug-likeness (QED) is 0.722. The first-order valence-corrected chi connectivity index (χ1v) is 6.92. The summed E-state index contributed by atoms with van der Waals surface area (Å²) in [5.41, 5.74) is 8.94. The van der Waals surface area contributed by atoms with Crippen molar-refractivity contribution in [2.24, 2.45) is 0 Å². The van der Waals surface area contributed by atoms with E-state index in [1.807, 2.05) is 19.1 Å². The topological polar surface area (TPSA) is 90.9 Å². The Morgan fingerprint density at radius 2 is 1.90 bits per heavy atom. The molecule has 0 fully saturated rings. The molecule has 0 saturated carbocycles. The van der Waals surface area contributed by atoms with E-state index in [-0.39, 0.29) is 0 Å². The second kappa shape index (κ2) is 6.29. The molecule has 0 aliphatic carbocycles. The second-order valence-electron chi connectivity index (χ2n) is 4.46. The Balaban J connectivity index is 2.10. The first-order chi connectivity index (χ1) is 9.99. The number of anilines is 3. The Bertz CT molecular complexity index is 696. The fourth-order valence-electron chi connectivity index (χ4n) is 1.84. The van der Waals surface area contributed by atoms with Crippen LogP contribution in [0.4, 0.5) is 21.9 Å². The highest BCUT2D eigenvalue weighted by molar-refractivity contribution is 9.10. The summed E-state index contributed by atoms with van der Waals surface area (Å²) in [5, 5.41) is 14.1. The minimum Gasteiger partial charge on any atom is -0.397 e. The van der Waals surface area contributed by atoms with Crippen LogP contribution in [0, 0.1) is 18.3 Å². The van der Waals surface area contributed by atoms with Gasteiger partial charge >= 0.3 is 6.03 Å². The van der Waals surface area contributed by atoms with Gasteiger partial charge in [-0.2, -0.15) is 5.26 Å². The number of nitrogens with one attached hydrogen (secondary N) is 2. The van der Waals surface area contributed by atoms with E-state index in [9.17, 15) is 4.79 Å². The SMILES string of the molecule is Cc1cc(Br)cc(N)c1NC(=O)Nc1ccc(C#N)cc1. The maximum absolute atomic E-state index is 12.0.